The molecule has 2 aromatic rings. The molecule has 1 heterocycles. The zero-order valence-electron chi connectivity index (χ0n) is 14.9. The van der Waals surface area contributed by atoms with Crippen LogP contribution in [0.4, 0.5) is 0 Å². The fourth-order valence-corrected chi connectivity index (χ4v) is 2.12. The maximum absolute atomic E-state index is 11.9. The quantitative estimate of drug-likeness (QED) is 0.576. The minimum Gasteiger partial charge on any atom is -0.493 e. The first-order chi connectivity index (χ1) is 12.5. The first kappa shape index (κ1) is 19.1. The molecule has 0 aliphatic rings. The molecular weight excluding hydrogens is 338 g/mol. The smallest absolute Gasteiger partial charge is 0.331 e. The molecule has 1 aromatic heterocycles. The van der Waals surface area contributed by atoms with E-state index in [4.69, 9.17) is 18.6 Å². The molecule has 1 N–H and O–H groups in total. The number of furan rings is 1. The van der Waals surface area contributed by atoms with Gasteiger partial charge in [0.25, 0.3) is 5.91 Å². The van der Waals surface area contributed by atoms with Crippen LogP contribution < -0.4 is 14.8 Å². The number of nitrogens with one attached hydrogen (secondary N) is 1. The largest absolute Gasteiger partial charge is 0.493 e. The summed E-state index contributed by atoms with van der Waals surface area (Å²) in [6.45, 7) is 1.73. The maximum atomic E-state index is 11.9. The Morgan fingerprint density at radius 1 is 1.19 bits per heavy atom. The van der Waals surface area contributed by atoms with Crippen LogP contribution in [0.5, 0.6) is 11.5 Å². The number of amides is 1. The summed E-state index contributed by atoms with van der Waals surface area (Å²) < 4.78 is 20.6. The van der Waals surface area contributed by atoms with E-state index < -0.39 is 18.0 Å². The topological polar surface area (TPSA) is 87.0 Å². The Balaban J connectivity index is 1.86. The van der Waals surface area contributed by atoms with E-state index in [0.717, 1.165) is 5.56 Å². The fourth-order valence-electron chi connectivity index (χ4n) is 2.12. The Morgan fingerprint density at radius 3 is 2.62 bits per heavy atom. The average Bonchev–Trinajstić information content (AvgIpc) is 3.17. The van der Waals surface area contributed by atoms with Gasteiger partial charge >= 0.3 is 5.97 Å². The van der Waals surface area contributed by atoms with Gasteiger partial charge in [-0.1, -0.05) is 6.07 Å². The van der Waals surface area contributed by atoms with Crippen molar-refractivity contribution in [3.05, 3.63) is 54.0 Å². The van der Waals surface area contributed by atoms with Crippen molar-refractivity contribution in [3.63, 3.8) is 0 Å². The second-order valence-corrected chi connectivity index (χ2v) is 5.32. The van der Waals surface area contributed by atoms with Gasteiger partial charge in [0.2, 0.25) is 0 Å². The van der Waals surface area contributed by atoms with Gasteiger partial charge in [-0.2, -0.15) is 0 Å². The molecule has 1 amide bonds. The van der Waals surface area contributed by atoms with Crippen LogP contribution in [0.1, 0.15) is 18.2 Å². The first-order valence-electron chi connectivity index (χ1n) is 7.94. The van der Waals surface area contributed by atoms with Crippen LogP contribution >= 0.6 is 0 Å². The molecular formula is C19H21NO6. The van der Waals surface area contributed by atoms with Crippen molar-refractivity contribution < 1.29 is 28.2 Å². The van der Waals surface area contributed by atoms with E-state index in [2.05, 4.69) is 5.32 Å². The fraction of sp³-hybridized carbons (Fsp3) is 0.263. The summed E-state index contributed by atoms with van der Waals surface area (Å²) in [6.07, 6.45) is 3.41. The zero-order chi connectivity index (χ0) is 18.9. The maximum Gasteiger partial charge on any atom is 0.331 e. The van der Waals surface area contributed by atoms with E-state index in [-0.39, 0.29) is 6.54 Å². The van der Waals surface area contributed by atoms with Crippen molar-refractivity contribution in [3.8, 4) is 11.5 Å². The van der Waals surface area contributed by atoms with Crippen molar-refractivity contribution in [2.75, 3.05) is 14.2 Å². The van der Waals surface area contributed by atoms with Crippen molar-refractivity contribution in [1.82, 2.24) is 5.32 Å². The summed E-state index contributed by atoms with van der Waals surface area (Å²) in [5.74, 6) is 0.725. The molecule has 0 aliphatic carbocycles. The second-order valence-electron chi connectivity index (χ2n) is 5.32. The first-order valence-corrected chi connectivity index (χ1v) is 7.94. The lowest BCUT2D eigenvalue weighted by atomic mass is 10.2. The summed E-state index contributed by atoms with van der Waals surface area (Å²) in [4.78, 5) is 23.8. The van der Waals surface area contributed by atoms with Crippen LogP contribution in [-0.4, -0.2) is 32.2 Å². The average molecular weight is 359 g/mol. The second kappa shape index (κ2) is 9.31. The van der Waals surface area contributed by atoms with Gasteiger partial charge in [-0.05, 0) is 42.8 Å². The molecule has 7 nitrogen and oxygen atoms in total. The predicted octanol–water partition coefficient (Wildman–Crippen LogP) is 2.56. The molecule has 0 unspecified atom stereocenters. The highest BCUT2D eigenvalue weighted by atomic mass is 16.5. The minimum atomic E-state index is -0.924. The molecule has 0 spiro atoms. The normalized spacial score (nSPS) is 11.8. The molecule has 1 aromatic carbocycles. The van der Waals surface area contributed by atoms with Crippen LogP contribution in [0.3, 0.4) is 0 Å². The van der Waals surface area contributed by atoms with E-state index in [0.29, 0.717) is 17.3 Å². The summed E-state index contributed by atoms with van der Waals surface area (Å²) in [5, 5.41) is 2.63. The Hall–Kier alpha value is -3.22. The molecule has 7 heteroatoms. The molecule has 0 fully saturated rings. The molecule has 0 bridgehead atoms. The van der Waals surface area contributed by atoms with E-state index >= 15 is 0 Å². The number of benzene rings is 1. The lowest BCUT2D eigenvalue weighted by Gasteiger charge is -2.11. The van der Waals surface area contributed by atoms with Crippen LogP contribution in [0, 0.1) is 0 Å². The van der Waals surface area contributed by atoms with Crippen LogP contribution in [0.15, 0.2) is 47.1 Å². The van der Waals surface area contributed by atoms with Crippen LogP contribution in [-0.2, 0) is 20.9 Å². The highest BCUT2D eigenvalue weighted by molar-refractivity contribution is 5.90. The number of hydrogen-bond donors (Lipinski definition) is 1. The van der Waals surface area contributed by atoms with E-state index in [1.54, 1.807) is 43.5 Å². The van der Waals surface area contributed by atoms with Crippen LogP contribution in [0.2, 0.25) is 0 Å². The summed E-state index contributed by atoms with van der Waals surface area (Å²) in [5.41, 5.74) is 0.731. The molecule has 0 saturated carbocycles. The van der Waals surface area contributed by atoms with Gasteiger partial charge in [-0.15, -0.1) is 0 Å². The molecule has 0 saturated heterocycles. The Kier molecular flexibility index (Phi) is 6.84. The van der Waals surface area contributed by atoms with Gasteiger partial charge in [-0.25, -0.2) is 4.79 Å². The number of ether oxygens (including phenoxy) is 3. The lowest BCUT2D eigenvalue weighted by molar-refractivity contribution is -0.150. The van der Waals surface area contributed by atoms with Crippen molar-refractivity contribution in [1.29, 1.82) is 0 Å². The van der Waals surface area contributed by atoms with Gasteiger partial charge in [0, 0.05) is 6.08 Å². The van der Waals surface area contributed by atoms with Gasteiger partial charge < -0.3 is 23.9 Å². The van der Waals surface area contributed by atoms with Crippen molar-refractivity contribution in [2.24, 2.45) is 0 Å². The van der Waals surface area contributed by atoms with Gasteiger partial charge in [0.05, 0.1) is 27.0 Å². The number of esters is 1. The molecule has 26 heavy (non-hydrogen) atoms. The number of carbonyl (C=O) groups is 2. The highest BCUT2D eigenvalue weighted by Crippen LogP contribution is 2.27. The Bertz CT molecular complexity index is 766. The standard InChI is InChI=1S/C19H21NO6/c1-13(19(22)20-12-15-5-4-10-25-15)26-18(21)9-7-14-6-8-16(23-2)17(11-14)24-3/h4-11,13H,12H2,1-3H3,(H,20,22)/b9-7+/t13-/m1/s1. The van der Waals surface area contributed by atoms with Gasteiger partial charge in [0.1, 0.15) is 5.76 Å². The number of methoxy groups -OCH3 is 2. The number of hydrogen-bond acceptors (Lipinski definition) is 6. The molecule has 1 atom stereocenters. The van der Waals surface area contributed by atoms with Crippen molar-refractivity contribution >= 4 is 18.0 Å². The molecule has 0 aliphatic heterocycles. The number of rotatable bonds is 8. The predicted molar refractivity (Wildman–Crippen MR) is 94.7 cm³/mol. The van der Waals surface area contributed by atoms with E-state index in [9.17, 15) is 9.59 Å². The Labute approximate surface area is 151 Å². The Morgan fingerprint density at radius 2 is 1.96 bits per heavy atom. The third kappa shape index (κ3) is 5.41. The van der Waals surface area contributed by atoms with Gasteiger partial charge in [0.15, 0.2) is 17.6 Å². The molecule has 2 rings (SSSR count). The van der Waals surface area contributed by atoms with E-state index in [1.807, 2.05) is 0 Å². The molecule has 0 radical (unpaired) electrons. The zero-order valence-corrected chi connectivity index (χ0v) is 14.9. The summed E-state index contributed by atoms with van der Waals surface area (Å²) in [6, 6.07) is 8.69. The van der Waals surface area contributed by atoms with Gasteiger partial charge in [-0.3, -0.25) is 4.79 Å². The number of carbonyl (C=O) groups excluding carboxylic acids is 2. The minimum absolute atomic E-state index is 0.231. The summed E-state index contributed by atoms with van der Waals surface area (Å²) >= 11 is 0. The SMILES string of the molecule is COc1ccc(/C=C/C(=O)O[C@H](C)C(=O)NCc2ccco2)cc1OC. The van der Waals surface area contributed by atoms with Crippen molar-refractivity contribution in [2.45, 2.75) is 19.6 Å². The van der Waals surface area contributed by atoms with E-state index in [1.165, 1.54) is 26.4 Å². The summed E-state index contributed by atoms with van der Waals surface area (Å²) in [7, 11) is 3.08. The van der Waals surface area contributed by atoms with Crippen LogP contribution in [0.25, 0.3) is 6.08 Å². The highest BCUT2D eigenvalue weighted by Gasteiger charge is 2.16. The monoisotopic (exact) mass is 359 g/mol. The third-order valence-electron chi connectivity index (χ3n) is 3.50. The lowest BCUT2D eigenvalue weighted by Crippen LogP contribution is -2.35. The molecule has 138 valence electrons. The third-order valence-corrected chi connectivity index (χ3v) is 3.50.